The molecule has 3 nitrogen and oxygen atoms in total. The minimum Gasteiger partial charge on any atom is -0.341 e. The van der Waals surface area contributed by atoms with Crippen molar-refractivity contribution in [1.82, 2.24) is 15.3 Å². The van der Waals surface area contributed by atoms with Gasteiger partial charge in [0, 0.05) is 0 Å². The van der Waals surface area contributed by atoms with Gasteiger partial charge in [-0.05, 0) is 37.4 Å². The molecule has 17 heavy (non-hydrogen) atoms. The van der Waals surface area contributed by atoms with Gasteiger partial charge in [-0.25, -0.2) is 4.98 Å². The van der Waals surface area contributed by atoms with Crippen LogP contribution in [0.1, 0.15) is 38.1 Å². The van der Waals surface area contributed by atoms with Crippen molar-refractivity contribution in [2.45, 2.75) is 32.2 Å². The molecule has 2 aromatic rings. The highest BCUT2D eigenvalue weighted by Crippen LogP contribution is 2.28. The maximum atomic E-state index is 4.69. The molecule has 0 aliphatic carbocycles. The third kappa shape index (κ3) is 2.07. The summed E-state index contributed by atoms with van der Waals surface area (Å²) in [5, 5.41) is 3.57. The maximum Gasteiger partial charge on any atom is 0.124 e. The van der Waals surface area contributed by atoms with Gasteiger partial charge < -0.3 is 10.3 Å². The van der Waals surface area contributed by atoms with Gasteiger partial charge in [-0.2, -0.15) is 0 Å². The van der Waals surface area contributed by atoms with E-state index in [1.165, 1.54) is 19.3 Å². The monoisotopic (exact) mass is 229 g/mol. The first-order valence-electron chi connectivity index (χ1n) is 6.55. The lowest BCUT2D eigenvalue weighted by Crippen LogP contribution is -2.32. The summed E-state index contributed by atoms with van der Waals surface area (Å²) >= 11 is 0. The topological polar surface area (TPSA) is 40.7 Å². The minimum atomic E-state index is 0.404. The summed E-state index contributed by atoms with van der Waals surface area (Å²) in [6.07, 6.45) is 3.78. The number of hydrogen-bond donors (Lipinski definition) is 2. The molecule has 0 bridgehead atoms. The van der Waals surface area contributed by atoms with Gasteiger partial charge in [0.1, 0.15) is 5.82 Å². The van der Waals surface area contributed by atoms with Crippen LogP contribution in [-0.4, -0.2) is 16.5 Å². The summed E-state index contributed by atoms with van der Waals surface area (Å²) in [6.45, 7) is 3.39. The van der Waals surface area contributed by atoms with Crippen molar-refractivity contribution in [1.29, 1.82) is 0 Å². The van der Waals surface area contributed by atoms with Gasteiger partial charge in [0.15, 0.2) is 0 Å². The van der Waals surface area contributed by atoms with Crippen LogP contribution in [0.5, 0.6) is 0 Å². The Bertz CT molecular complexity index is 470. The van der Waals surface area contributed by atoms with E-state index >= 15 is 0 Å². The Labute approximate surface area is 102 Å². The molecular weight excluding hydrogens is 210 g/mol. The van der Waals surface area contributed by atoms with Gasteiger partial charge in [0.2, 0.25) is 0 Å². The molecule has 1 aliphatic heterocycles. The third-order valence-corrected chi connectivity index (χ3v) is 3.83. The highest BCUT2D eigenvalue weighted by molar-refractivity contribution is 5.74. The number of para-hydroxylation sites is 2. The fourth-order valence-corrected chi connectivity index (χ4v) is 2.71. The van der Waals surface area contributed by atoms with Crippen LogP contribution in [0.15, 0.2) is 24.3 Å². The second-order valence-corrected chi connectivity index (χ2v) is 4.94. The van der Waals surface area contributed by atoms with Gasteiger partial charge in [-0.1, -0.05) is 25.5 Å². The van der Waals surface area contributed by atoms with E-state index in [0.717, 1.165) is 29.3 Å². The number of H-pyrrole nitrogens is 1. The van der Waals surface area contributed by atoms with Crippen molar-refractivity contribution in [3.05, 3.63) is 30.1 Å². The molecule has 0 spiro atoms. The van der Waals surface area contributed by atoms with Crippen molar-refractivity contribution >= 4 is 11.0 Å². The zero-order chi connectivity index (χ0) is 11.7. The van der Waals surface area contributed by atoms with E-state index in [9.17, 15) is 0 Å². The molecule has 0 saturated carbocycles. The smallest absolute Gasteiger partial charge is 0.124 e. The number of nitrogens with one attached hydrogen (secondary N) is 2. The average Bonchev–Trinajstić information content (AvgIpc) is 2.82. The van der Waals surface area contributed by atoms with Crippen molar-refractivity contribution in [2.24, 2.45) is 5.92 Å². The van der Waals surface area contributed by atoms with Crippen LogP contribution in [0.3, 0.4) is 0 Å². The number of aromatic amines is 1. The molecule has 3 rings (SSSR count). The van der Waals surface area contributed by atoms with Gasteiger partial charge in [-0.15, -0.1) is 0 Å². The van der Waals surface area contributed by atoms with E-state index in [0.29, 0.717) is 6.04 Å². The van der Waals surface area contributed by atoms with E-state index in [1.54, 1.807) is 0 Å². The number of hydrogen-bond acceptors (Lipinski definition) is 2. The van der Waals surface area contributed by atoms with Crippen molar-refractivity contribution in [2.75, 3.05) is 6.54 Å². The fraction of sp³-hybridized carbons (Fsp3) is 0.500. The molecule has 2 N–H and O–H groups in total. The second-order valence-electron chi connectivity index (χ2n) is 4.94. The van der Waals surface area contributed by atoms with Crippen molar-refractivity contribution < 1.29 is 0 Å². The SMILES string of the molecule is CCC1CCNC(c2nc3ccccc3[nH]2)C1. The Hall–Kier alpha value is -1.35. The molecule has 90 valence electrons. The Kier molecular flexibility index (Phi) is 2.85. The zero-order valence-corrected chi connectivity index (χ0v) is 10.2. The Morgan fingerprint density at radius 2 is 2.24 bits per heavy atom. The first kappa shape index (κ1) is 10.8. The number of aromatic nitrogens is 2. The summed E-state index contributed by atoms with van der Waals surface area (Å²) < 4.78 is 0. The summed E-state index contributed by atoms with van der Waals surface area (Å²) in [5.74, 6) is 1.94. The molecule has 2 atom stereocenters. The van der Waals surface area contributed by atoms with Gasteiger partial charge >= 0.3 is 0 Å². The fourth-order valence-electron chi connectivity index (χ4n) is 2.71. The van der Waals surface area contributed by atoms with E-state index in [-0.39, 0.29) is 0 Å². The van der Waals surface area contributed by atoms with Crippen LogP contribution in [0.2, 0.25) is 0 Å². The van der Waals surface area contributed by atoms with Gasteiger partial charge in [-0.3, -0.25) is 0 Å². The molecule has 1 fully saturated rings. The molecule has 1 aromatic heterocycles. The first-order chi connectivity index (χ1) is 8.36. The predicted octanol–water partition coefficient (Wildman–Crippen LogP) is 3.01. The summed E-state index contributed by atoms with van der Waals surface area (Å²) in [7, 11) is 0. The number of nitrogens with zero attached hydrogens (tertiary/aromatic N) is 1. The van der Waals surface area contributed by atoms with Gasteiger partial charge in [0.25, 0.3) is 0 Å². The molecule has 1 saturated heterocycles. The van der Waals surface area contributed by atoms with Crippen LogP contribution in [0.25, 0.3) is 11.0 Å². The third-order valence-electron chi connectivity index (χ3n) is 3.83. The molecule has 0 amide bonds. The molecule has 2 unspecified atom stereocenters. The number of piperidine rings is 1. The largest absolute Gasteiger partial charge is 0.341 e. The van der Waals surface area contributed by atoms with Crippen LogP contribution in [0.4, 0.5) is 0 Å². The number of imidazole rings is 1. The molecule has 3 heteroatoms. The molecule has 1 aromatic carbocycles. The summed E-state index contributed by atoms with van der Waals surface area (Å²) in [5.41, 5.74) is 2.21. The highest BCUT2D eigenvalue weighted by atomic mass is 15.0. The summed E-state index contributed by atoms with van der Waals surface area (Å²) in [6, 6.07) is 8.64. The quantitative estimate of drug-likeness (QED) is 0.831. The number of benzene rings is 1. The maximum absolute atomic E-state index is 4.69. The van der Waals surface area contributed by atoms with Crippen LogP contribution >= 0.6 is 0 Å². The molecular formula is C14H19N3. The van der Waals surface area contributed by atoms with Gasteiger partial charge in [0.05, 0.1) is 17.1 Å². The Morgan fingerprint density at radius 1 is 1.35 bits per heavy atom. The highest BCUT2D eigenvalue weighted by Gasteiger charge is 2.23. The average molecular weight is 229 g/mol. The number of rotatable bonds is 2. The minimum absolute atomic E-state index is 0.404. The summed E-state index contributed by atoms with van der Waals surface area (Å²) in [4.78, 5) is 8.12. The molecule has 1 aliphatic rings. The normalized spacial score (nSPS) is 25.2. The number of fused-ring (bicyclic) bond motifs is 1. The molecule has 0 radical (unpaired) electrons. The van der Waals surface area contributed by atoms with E-state index in [2.05, 4.69) is 34.3 Å². The van der Waals surface area contributed by atoms with Crippen molar-refractivity contribution in [3.63, 3.8) is 0 Å². The Morgan fingerprint density at radius 3 is 3.06 bits per heavy atom. The standard InChI is InChI=1S/C14H19N3/c1-2-10-7-8-15-13(9-10)14-16-11-5-3-4-6-12(11)17-14/h3-6,10,13,15H,2,7-9H2,1H3,(H,16,17). The first-order valence-corrected chi connectivity index (χ1v) is 6.55. The lowest BCUT2D eigenvalue weighted by Gasteiger charge is -2.28. The predicted molar refractivity (Wildman–Crippen MR) is 69.9 cm³/mol. The second kappa shape index (κ2) is 4.49. The van der Waals surface area contributed by atoms with E-state index < -0.39 is 0 Å². The lowest BCUT2D eigenvalue weighted by molar-refractivity contribution is 0.292. The Balaban J connectivity index is 1.87. The van der Waals surface area contributed by atoms with E-state index in [1.807, 2.05) is 12.1 Å². The molecule has 2 heterocycles. The zero-order valence-electron chi connectivity index (χ0n) is 10.2. The van der Waals surface area contributed by atoms with Crippen LogP contribution in [-0.2, 0) is 0 Å². The van der Waals surface area contributed by atoms with Crippen LogP contribution < -0.4 is 5.32 Å². The van der Waals surface area contributed by atoms with Crippen molar-refractivity contribution in [3.8, 4) is 0 Å². The lowest BCUT2D eigenvalue weighted by atomic mass is 9.90. The van der Waals surface area contributed by atoms with Crippen LogP contribution in [0, 0.1) is 5.92 Å². The van der Waals surface area contributed by atoms with E-state index in [4.69, 9.17) is 0 Å².